The van der Waals surface area contributed by atoms with Gasteiger partial charge in [-0.05, 0) is 29.8 Å². The van der Waals surface area contributed by atoms with E-state index in [9.17, 15) is 4.79 Å². The first-order valence-corrected chi connectivity index (χ1v) is 4.08. The molecule has 0 atom stereocenters. The van der Waals surface area contributed by atoms with E-state index in [1.54, 1.807) is 12.1 Å². The van der Waals surface area contributed by atoms with Crippen LogP contribution < -0.4 is 4.74 Å². The summed E-state index contributed by atoms with van der Waals surface area (Å²) in [5.41, 5.74) is 2.23. The summed E-state index contributed by atoms with van der Waals surface area (Å²) in [6.45, 7) is 2.23. The van der Waals surface area contributed by atoms with Crippen LogP contribution in [-0.2, 0) is 4.79 Å². The molecule has 0 aromatic heterocycles. The van der Waals surface area contributed by atoms with Crippen molar-refractivity contribution in [2.24, 2.45) is 4.99 Å². The number of esters is 1. The zero-order valence-corrected chi connectivity index (χ0v) is 7.28. The molecule has 0 N–H and O–H groups in total. The van der Waals surface area contributed by atoms with E-state index in [4.69, 9.17) is 4.74 Å². The van der Waals surface area contributed by atoms with Crippen molar-refractivity contribution in [2.75, 3.05) is 6.54 Å². The normalized spacial score (nSPS) is 13.5. The second kappa shape index (κ2) is 3.01. The minimum Gasteiger partial charge on any atom is -0.427 e. The van der Waals surface area contributed by atoms with Crippen LogP contribution in [0.5, 0.6) is 5.75 Å². The summed E-state index contributed by atoms with van der Waals surface area (Å²) in [6, 6.07) is 7.36. The third-order valence-corrected chi connectivity index (χ3v) is 1.77. The van der Waals surface area contributed by atoms with E-state index in [-0.39, 0.29) is 5.97 Å². The number of hydrogen-bond donors (Lipinski definition) is 0. The van der Waals surface area contributed by atoms with Crippen molar-refractivity contribution >= 4 is 11.7 Å². The van der Waals surface area contributed by atoms with E-state index in [1.165, 1.54) is 6.92 Å². The molecule has 0 amide bonds. The summed E-state index contributed by atoms with van der Waals surface area (Å²) in [5, 5.41) is 0. The number of aliphatic imine (C=N–C) groups is 1. The van der Waals surface area contributed by atoms with Gasteiger partial charge in [0.2, 0.25) is 0 Å². The molecule has 3 heteroatoms. The Morgan fingerprint density at radius 3 is 2.46 bits per heavy atom. The van der Waals surface area contributed by atoms with E-state index in [0.29, 0.717) is 5.75 Å². The summed E-state index contributed by atoms with van der Waals surface area (Å²) in [6.07, 6.45) is 0. The van der Waals surface area contributed by atoms with Gasteiger partial charge in [-0.25, -0.2) is 0 Å². The molecule has 1 aromatic rings. The predicted molar refractivity (Wildman–Crippen MR) is 49.2 cm³/mol. The predicted octanol–water partition coefficient (Wildman–Crippen LogP) is 1.41. The zero-order chi connectivity index (χ0) is 9.26. The molecule has 0 aliphatic carbocycles. The molecule has 0 fully saturated rings. The van der Waals surface area contributed by atoms with Gasteiger partial charge in [0, 0.05) is 6.92 Å². The van der Waals surface area contributed by atoms with Gasteiger partial charge < -0.3 is 4.74 Å². The smallest absolute Gasteiger partial charge is 0.308 e. The Kier molecular flexibility index (Phi) is 1.85. The van der Waals surface area contributed by atoms with E-state index in [2.05, 4.69) is 4.99 Å². The van der Waals surface area contributed by atoms with E-state index < -0.39 is 0 Å². The highest BCUT2D eigenvalue weighted by Crippen LogP contribution is 2.16. The molecule has 0 unspecified atom stereocenters. The Morgan fingerprint density at radius 2 is 2.00 bits per heavy atom. The highest BCUT2D eigenvalue weighted by atomic mass is 16.5. The molecular formula is C10H9NO2. The number of benzene rings is 1. The molecular weight excluding hydrogens is 166 g/mol. The van der Waals surface area contributed by atoms with Crippen molar-refractivity contribution in [1.29, 1.82) is 0 Å². The van der Waals surface area contributed by atoms with E-state index in [1.807, 2.05) is 12.1 Å². The first-order chi connectivity index (χ1) is 6.25. The Bertz CT molecular complexity index is 365. The maximum Gasteiger partial charge on any atom is 0.308 e. The molecule has 13 heavy (non-hydrogen) atoms. The summed E-state index contributed by atoms with van der Waals surface area (Å²) < 4.78 is 4.89. The second-order valence-electron chi connectivity index (χ2n) is 2.88. The molecule has 3 nitrogen and oxygen atoms in total. The van der Waals surface area contributed by atoms with Crippen LogP contribution in [0.2, 0.25) is 0 Å². The topological polar surface area (TPSA) is 38.7 Å². The number of nitrogens with zero attached hydrogens (tertiary/aromatic N) is 1. The first kappa shape index (κ1) is 7.98. The summed E-state index contributed by atoms with van der Waals surface area (Å²) in [4.78, 5) is 14.7. The fourth-order valence-electron chi connectivity index (χ4n) is 1.10. The lowest BCUT2D eigenvalue weighted by Crippen LogP contribution is -2.01. The van der Waals surface area contributed by atoms with Gasteiger partial charge in [-0.2, -0.15) is 0 Å². The van der Waals surface area contributed by atoms with Crippen molar-refractivity contribution in [3.05, 3.63) is 29.8 Å². The van der Waals surface area contributed by atoms with Crippen LogP contribution in [0.1, 0.15) is 12.5 Å². The minimum atomic E-state index is -0.295. The molecule has 2 rings (SSSR count). The number of carbonyl (C=O) groups excluding carboxylic acids is 1. The van der Waals surface area contributed by atoms with Crippen molar-refractivity contribution in [3.63, 3.8) is 0 Å². The molecule has 1 aromatic carbocycles. The van der Waals surface area contributed by atoms with Gasteiger partial charge in [-0.15, -0.1) is 0 Å². The lowest BCUT2D eigenvalue weighted by atomic mass is 10.2. The van der Waals surface area contributed by atoms with Gasteiger partial charge in [-0.3, -0.25) is 9.79 Å². The fourth-order valence-corrected chi connectivity index (χ4v) is 1.10. The highest BCUT2D eigenvalue weighted by Gasteiger charge is 2.11. The van der Waals surface area contributed by atoms with Gasteiger partial charge in [0.1, 0.15) is 5.75 Å². The fraction of sp³-hybridized carbons (Fsp3) is 0.200. The van der Waals surface area contributed by atoms with Crippen molar-refractivity contribution < 1.29 is 9.53 Å². The maximum absolute atomic E-state index is 10.6. The zero-order valence-electron chi connectivity index (χ0n) is 7.28. The van der Waals surface area contributed by atoms with Crippen LogP contribution in [0.25, 0.3) is 0 Å². The standard InChI is InChI=1S/C10H9NO2/c1-7(12)13-9-4-2-8(3-5-9)10-6-11-10/h2-5H,6H2,1H3. The lowest BCUT2D eigenvalue weighted by Gasteiger charge is -2.00. The molecule has 0 radical (unpaired) electrons. The molecule has 0 saturated carbocycles. The third-order valence-electron chi connectivity index (χ3n) is 1.77. The van der Waals surface area contributed by atoms with Crippen molar-refractivity contribution in [2.45, 2.75) is 6.92 Å². The summed E-state index contributed by atoms with van der Waals surface area (Å²) in [7, 11) is 0. The third kappa shape index (κ3) is 1.93. The Morgan fingerprint density at radius 1 is 1.38 bits per heavy atom. The van der Waals surface area contributed by atoms with E-state index >= 15 is 0 Å². The Labute approximate surface area is 76.1 Å². The molecule has 0 spiro atoms. The minimum absolute atomic E-state index is 0.295. The van der Waals surface area contributed by atoms with Crippen LogP contribution in [0.4, 0.5) is 0 Å². The summed E-state index contributed by atoms with van der Waals surface area (Å²) >= 11 is 0. The molecule has 0 saturated heterocycles. The average molecular weight is 175 g/mol. The summed E-state index contributed by atoms with van der Waals surface area (Å²) in [5.74, 6) is 0.286. The number of hydrogen-bond acceptors (Lipinski definition) is 3. The van der Waals surface area contributed by atoms with Crippen molar-refractivity contribution in [3.8, 4) is 5.75 Å². The van der Waals surface area contributed by atoms with Gasteiger partial charge in [-0.1, -0.05) is 0 Å². The average Bonchev–Trinajstić information content (AvgIpc) is 2.87. The van der Waals surface area contributed by atoms with Gasteiger partial charge in [0.05, 0.1) is 12.3 Å². The molecule has 66 valence electrons. The quantitative estimate of drug-likeness (QED) is 0.503. The SMILES string of the molecule is CC(=O)Oc1ccc(C2=NC2)cc1. The number of ether oxygens (including phenoxy) is 1. The van der Waals surface area contributed by atoms with Gasteiger partial charge in [0.15, 0.2) is 0 Å². The number of rotatable bonds is 2. The molecule has 1 heterocycles. The first-order valence-electron chi connectivity index (χ1n) is 4.08. The Balaban J connectivity index is 2.13. The van der Waals surface area contributed by atoms with Gasteiger partial charge in [0.25, 0.3) is 0 Å². The number of carbonyl (C=O) groups is 1. The van der Waals surface area contributed by atoms with E-state index in [0.717, 1.165) is 17.8 Å². The van der Waals surface area contributed by atoms with Crippen LogP contribution in [0.3, 0.4) is 0 Å². The molecule has 1 aliphatic heterocycles. The monoisotopic (exact) mass is 175 g/mol. The van der Waals surface area contributed by atoms with Crippen LogP contribution in [-0.4, -0.2) is 18.2 Å². The highest BCUT2D eigenvalue weighted by molar-refractivity contribution is 6.10. The van der Waals surface area contributed by atoms with Crippen molar-refractivity contribution in [1.82, 2.24) is 0 Å². The van der Waals surface area contributed by atoms with Crippen LogP contribution in [0.15, 0.2) is 29.3 Å². The largest absolute Gasteiger partial charge is 0.427 e. The molecule has 1 aliphatic rings. The van der Waals surface area contributed by atoms with Crippen LogP contribution >= 0.6 is 0 Å². The second-order valence-corrected chi connectivity index (χ2v) is 2.88. The van der Waals surface area contributed by atoms with Gasteiger partial charge >= 0.3 is 5.97 Å². The lowest BCUT2D eigenvalue weighted by molar-refractivity contribution is -0.131. The Hall–Kier alpha value is -1.64. The maximum atomic E-state index is 10.6. The molecule has 0 bridgehead atoms. The van der Waals surface area contributed by atoms with Crippen LogP contribution in [0, 0.1) is 0 Å².